The van der Waals surface area contributed by atoms with Crippen LogP contribution in [0.3, 0.4) is 0 Å². The van der Waals surface area contributed by atoms with Crippen LogP contribution in [0.1, 0.15) is 0 Å². The van der Waals surface area contributed by atoms with E-state index < -0.39 is 169 Å². The van der Waals surface area contributed by atoms with Crippen molar-refractivity contribution in [1.29, 1.82) is 0 Å². The Balaban J connectivity index is 1.52. The minimum Gasteiger partial charge on any atom is -0.394 e. The van der Waals surface area contributed by atoms with E-state index in [0.29, 0.717) is 0 Å². The molecule has 50 heavy (non-hydrogen) atoms. The van der Waals surface area contributed by atoms with E-state index in [9.17, 15) is 71.5 Å². The summed E-state index contributed by atoms with van der Waals surface area (Å²) in [5, 5.41) is 154. The zero-order valence-electron chi connectivity index (χ0n) is 26.3. The number of hydrogen-bond acceptors (Lipinski definition) is 23. The smallest absolute Gasteiger partial charge is 0.187 e. The molecule has 0 aromatic rings. The number of rotatable bonds is 14. The van der Waals surface area contributed by atoms with Crippen molar-refractivity contribution in [2.24, 2.45) is 0 Å². The van der Waals surface area contributed by atoms with Gasteiger partial charge in [-0.3, -0.25) is 0 Å². The van der Waals surface area contributed by atoms with Crippen LogP contribution in [0.5, 0.6) is 0 Å². The summed E-state index contributed by atoms with van der Waals surface area (Å²) in [6, 6.07) is 0. The predicted molar refractivity (Wildman–Crippen MR) is 151 cm³/mol. The SMILES string of the molecule is OCC(O)CO[C@@H]1O[C@H](CO)[C@@H](O)[C@H](O[C@H]2O[C@H](CO)[C@@H](O)[C@H](O[C@H]3O[C@H](CO)[C@@H](O)[C@H](O[C@H]4O[C@H](CO)[C@H](O)[C@H](O)[C@H]4O)[C@@H]3O)[C@H]2O)[C@H]1O. The van der Waals surface area contributed by atoms with Gasteiger partial charge in [0, 0.05) is 0 Å². The quantitative estimate of drug-likeness (QED) is 0.0786. The van der Waals surface area contributed by atoms with Gasteiger partial charge in [0.15, 0.2) is 25.2 Å². The van der Waals surface area contributed by atoms with Crippen molar-refractivity contribution in [2.75, 3.05) is 39.6 Å². The number of aliphatic hydroxyl groups excluding tert-OH is 15. The molecule has 0 bridgehead atoms. The second kappa shape index (κ2) is 18.4. The summed E-state index contributed by atoms with van der Waals surface area (Å²) in [5.74, 6) is 0. The van der Waals surface area contributed by atoms with E-state index in [4.69, 9.17) is 43.0 Å². The van der Waals surface area contributed by atoms with Crippen molar-refractivity contribution in [3.05, 3.63) is 0 Å². The van der Waals surface area contributed by atoms with Gasteiger partial charge in [0.2, 0.25) is 0 Å². The van der Waals surface area contributed by atoms with Crippen molar-refractivity contribution in [2.45, 2.75) is 129 Å². The van der Waals surface area contributed by atoms with E-state index in [1.165, 1.54) is 0 Å². The predicted octanol–water partition coefficient (Wildman–Crippen LogP) is -10.4. The molecule has 23 nitrogen and oxygen atoms in total. The number of ether oxygens (including phenoxy) is 8. The number of aliphatic hydroxyl groups is 15. The van der Waals surface area contributed by atoms with Crippen molar-refractivity contribution < 1.29 is 114 Å². The standard InChI is InChI=1S/C27H48O23/c28-1-7(33)6-43-24-18(40)21(13(35)9(3-30)44-24)49-26-20(42)23(15(37)11(5-32)46-26)50-27-19(41)22(14(36)10(4-31)47-27)48-25-17(39)16(38)12(34)8(2-29)45-25/h7-42H,1-6H2/t7?,8-,9-,10-,11-,12+,13-,14-,15-,16+,17-,18-,19+,20-,21+,22+,23+,24-,25-,26-,27-/m1/s1. The molecule has 23 heteroatoms. The first-order valence-corrected chi connectivity index (χ1v) is 15.8. The van der Waals surface area contributed by atoms with Gasteiger partial charge >= 0.3 is 0 Å². The van der Waals surface area contributed by atoms with Gasteiger partial charge in [-0.25, -0.2) is 0 Å². The summed E-state index contributed by atoms with van der Waals surface area (Å²) in [7, 11) is 0. The van der Waals surface area contributed by atoms with Crippen molar-refractivity contribution in [1.82, 2.24) is 0 Å². The van der Waals surface area contributed by atoms with Crippen LogP contribution in [-0.2, 0) is 37.9 Å². The van der Waals surface area contributed by atoms with Crippen LogP contribution < -0.4 is 0 Å². The maximum atomic E-state index is 11.2. The molecule has 0 aromatic carbocycles. The fourth-order valence-electron chi connectivity index (χ4n) is 5.91. The molecule has 0 saturated carbocycles. The van der Waals surface area contributed by atoms with Crippen LogP contribution in [-0.4, -0.2) is 245 Å². The normalized spacial score (nSPS) is 49.5. The Hall–Kier alpha value is -0.920. The summed E-state index contributed by atoms with van der Waals surface area (Å²) in [4.78, 5) is 0. The monoisotopic (exact) mass is 740 g/mol. The Bertz CT molecular complexity index is 1010. The Morgan fingerprint density at radius 2 is 0.720 bits per heavy atom. The molecule has 21 atom stereocenters. The van der Waals surface area contributed by atoms with Gasteiger partial charge in [-0.2, -0.15) is 0 Å². The Morgan fingerprint density at radius 3 is 1.08 bits per heavy atom. The molecular formula is C27H48O23. The van der Waals surface area contributed by atoms with E-state index in [0.717, 1.165) is 0 Å². The molecule has 0 spiro atoms. The Kier molecular flexibility index (Phi) is 15.4. The lowest BCUT2D eigenvalue weighted by Crippen LogP contribution is -2.68. The fourth-order valence-corrected chi connectivity index (χ4v) is 5.91. The van der Waals surface area contributed by atoms with Crippen LogP contribution >= 0.6 is 0 Å². The number of hydrogen-bond donors (Lipinski definition) is 15. The molecule has 4 aliphatic heterocycles. The van der Waals surface area contributed by atoms with E-state index in [1.807, 2.05) is 0 Å². The molecule has 4 heterocycles. The highest BCUT2D eigenvalue weighted by Gasteiger charge is 2.55. The molecule has 4 aliphatic rings. The molecule has 0 aliphatic carbocycles. The zero-order chi connectivity index (χ0) is 37.0. The third-order valence-corrected chi connectivity index (χ3v) is 8.85. The minimum atomic E-state index is -2.08. The highest BCUT2D eigenvalue weighted by Crippen LogP contribution is 2.34. The summed E-state index contributed by atoms with van der Waals surface area (Å²) in [6.45, 7) is -4.75. The highest BCUT2D eigenvalue weighted by molar-refractivity contribution is 4.98. The summed E-state index contributed by atoms with van der Waals surface area (Å²) < 4.78 is 43.5. The van der Waals surface area contributed by atoms with Gasteiger partial charge in [-0.15, -0.1) is 0 Å². The highest BCUT2D eigenvalue weighted by atomic mass is 16.8. The first-order chi connectivity index (χ1) is 23.7. The van der Waals surface area contributed by atoms with Gasteiger partial charge < -0.3 is 114 Å². The molecule has 0 amide bonds. The lowest BCUT2D eigenvalue weighted by atomic mass is 9.95. The average Bonchev–Trinajstić information content (AvgIpc) is 3.11. The van der Waals surface area contributed by atoms with Gasteiger partial charge in [-0.1, -0.05) is 0 Å². The molecule has 4 fully saturated rings. The molecule has 0 radical (unpaired) electrons. The van der Waals surface area contributed by atoms with Gasteiger partial charge in [0.25, 0.3) is 0 Å². The largest absolute Gasteiger partial charge is 0.394 e. The van der Waals surface area contributed by atoms with E-state index in [2.05, 4.69) is 0 Å². The first-order valence-electron chi connectivity index (χ1n) is 15.8. The van der Waals surface area contributed by atoms with E-state index in [1.54, 1.807) is 0 Å². The molecule has 1 unspecified atom stereocenters. The van der Waals surface area contributed by atoms with E-state index in [-0.39, 0.29) is 0 Å². The summed E-state index contributed by atoms with van der Waals surface area (Å²) in [6.07, 6.45) is -37.6. The Morgan fingerprint density at radius 1 is 0.400 bits per heavy atom. The van der Waals surface area contributed by atoms with Gasteiger partial charge in [-0.05, 0) is 0 Å². The second-order valence-electron chi connectivity index (χ2n) is 12.3. The third kappa shape index (κ3) is 8.88. The van der Waals surface area contributed by atoms with Crippen molar-refractivity contribution in [3.63, 3.8) is 0 Å². The first kappa shape index (κ1) is 41.8. The molecule has 4 rings (SSSR count). The van der Waals surface area contributed by atoms with Crippen LogP contribution in [0, 0.1) is 0 Å². The van der Waals surface area contributed by atoms with Crippen LogP contribution in [0.15, 0.2) is 0 Å². The topological polar surface area (TPSA) is 377 Å². The lowest BCUT2D eigenvalue weighted by Gasteiger charge is -2.49. The molecule has 0 aromatic heterocycles. The van der Waals surface area contributed by atoms with Gasteiger partial charge in [0.05, 0.1) is 39.6 Å². The maximum absolute atomic E-state index is 11.2. The molecule has 4 saturated heterocycles. The summed E-state index contributed by atoms with van der Waals surface area (Å²) >= 11 is 0. The minimum absolute atomic E-state index is 0.551. The molecule has 294 valence electrons. The van der Waals surface area contributed by atoms with Crippen LogP contribution in [0.25, 0.3) is 0 Å². The van der Waals surface area contributed by atoms with Crippen molar-refractivity contribution >= 4 is 0 Å². The second-order valence-corrected chi connectivity index (χ2v) is 12.3. The molecule has 15 N–H and O–H groups in total. The van der Waals surface area contributed by atoms with E-state index >= 15 is 0 Å². The average molecular weight is 741 g/mol. The van der Waals surface area contributed by atoms with Crippen molar-refractivity contribution in [3.8, 4) is 0 Å². The third-order valence-electron chi connectivity index (χ3n) is 8.85. The zero-order valence-corrected chi connectivity index (χ0v) is 26.3. The molecular weight excluding hydrogens is 692 g/mol. The fraction of sp³-hybridized carbons (Fsp3) is 1.00. The van der Waals surface area contributed by atoms with Crippen LogP contribution in [0.4, 0.5) is 0 Å². The lowest BCUT2D eigenvalue weighted by molar-refractivity contribution is -0.390. The Labute approximate surface area is 283 Å². The van der Waals surface area contributed by atoms with Crippen LogP contribution in [0.2, 0.25) is 0 Å². The maximum Gasteiger partial charge on any atom is 0.187 e. The van der Waals surface area contributed by atoms with Gasteiger partial charge in [0.1, 0.15) is 104 Å². The summed E-state index contributed by atoms with van der Waals surface area (Å²) in [5.41, 5.74) is 0.